The Labute approximate surface area is 56.5 Å². The van der Waals surface area contributed by atoms with Crippen molar-refractivity contribution in [3.05, 3.63) is 0 Å². The molecule has 0 amide bonds. The van der Waals surface area contributed by atoms with E-state index in [0.717, 1.165) is 0 Å². The minimum atomic E-state index is -1.07. The topological polar surface area (TPSA) is 61.1 Å². The number of aliphatic carboxylic acids is 1. The van der Waals surface area contributed by atoms with Crippen molar-refractivity contribution in [2.75, 3.05) is 0 Å². The van der Waals surface area contributed by atoms with Gasteiger partial charge in [-0.3, -0.25) is 4.79 Å². The van der Waals surface area contributed by atoms with Crippen LogP contribution in [-0.4, -0.2) is 11.1 Å². The van der Waals surface area contributed by atoms with Crippen molar-refractivity contribution in [2.24, 2.45) is 0 Å². The third kappa shape index (κ3) is 10.7. The van der Waals surface area contributed by atoms with E-state index in [1.807, 2.05) is 0 Å². The minimum absolute atomic E-state index is 0. The fraction of sp³-hybridized carbons (Fsp3) is 0.333. The van der Waals surface area contributed by atoms with Crippen molar-refractivity contribution in [2.45, 2.75) is 6.42 Å². The molecule has 0 unspecified atom stereocenters. The van der Waals surface area contributed by atoms with E-state index in [2.05, 4.69) is 0 Å². The second-order valence-corrected chi connectivity index (χ2v) is 0.729. The third-order valence-electron chi connectivity index (χ3n) is 0.230. The average Bonchev–Trinajstić information content (AvgIpc) is 1.35. The number of hydrogen-bond acceptors (Lipinski definition) is 2. The van der Waals surface area contributed by atoms with Gasteiger partial charge in [-0.2, -0.15) is 5.26 Å². The van der Waals surface area contributed by atoms with Gasteiger partial charge >= 0.3 is 5.97 Å². The Balaban J connectivity index is 0. The van der Waals surface area contributed by atoms with Crippen LogP contribution in [0.2, 0.25) is 0 Å². The molecule has 7 heavy (non-hydrogen) atoms. The summed E-state index contributed by atoms with van der Waals surface area (Å²) in [5.74, 6) is -1.07. The second kappa shape index (κ2) is 5.70. The molecule has 3 nitrogen and oxygen atoms in total. The van der Waals surface area contributed by atoms with Crippen molar-refractivity contribution >= 4 is 5.97 Å². The number of carboxylic acid groups (broad SMARTS) is 1. The Bertz CT molecular complexity index is 95.6. The zero-order chi connectivity index (χ0) is 4.99. The van der Waals surface area contributed by atoms with Crippen LogP contribution in [-0.2, 0) is 27.2 Å². The monoisotopic (exact) mass is 192 g/mol. The molecule has 0 saturated carbocycles. The van der Waals surface area contributed by atoms with Crippen molar-refractivity contribution < 1.29 is 32.3 Å². The van der Waals surface area contributed by atoms with E-state index in [0.29, 0.717) is 0 Å². The van der Waals surface area contributed by atoms with Gasteiger partial charge in [-0.05, 0) is 0 Å². The molecule has 0 aromatic heterocycles. The van der Waals surface area contributed by atoms with Crippen molar-refractivity contribution in [1.29, 1.82) is 5.26 Å². The fourth-order valence-electron chi connectivity index (χ4n) is 0.0676. The number of hydrogen-bond donors (Lipinski definition) is 1. The Morgan fingerprint density at radius 3 is 2.29 bits per heavy atom. The van der Waals surface area contributed by atoms with Crippen LogP contribution in [0.3, 0.4) is 0 Å². The normalized spacial score (nSPS) is 5.57. The molecule has 0 aliphatic carbocycles. The zero-order valence-electron chi connectivity index (χ0n) is 3.31. The maximum Gasteiger partial charge on any atom is 0.317 e. The van der Waals surface area contributed by atoms with Crippen molar-refractivity contribution in [3.63, 3.8) is 0 Å². The van der Waals surface area contributed by atoms with Crippen LogP contribution in [0.15, 0.2) is 0 Å². The molecular weight excluding hydrogens is 190 g/mol. The van der Waals surface area contributed by atoms with E-state index in [1.54, 1.807) is 0 Å². The van der Waals surface area contributed by atoms with E-state index < -0.39 is 12.4 Å². The Morgan fingerprint density at radius 2 is 2.29 bits per heavy atom. The molecule has 0 aliphatic rings. The standard InChI is InChI=1S/C3H3NO2.Ag/c4-2-1-3(5)6;/h1H2,(H,5,6);. The van der Waals surface area contributed by atoms with Gasteiger partial charge in [0.15, 0.2) is 0 Å². The molecule has 0 aromatic carbocycles. The first kappa shape index (κ1) is 9.85. The van der Waals surface area contributed by atoms with Gasteiger partial charge in [0.2, 0.25) is 0 Å². The number of nitrogens with zero attached hydrogens (tertiary/aromatic N) is 1. The van der Waals surface area contributed by atoms with Crippen molar-refractivity contribution in [3.8, 4) is 6.07 Å². The smallest absolute Gasteiger partial charge is 0.317 e. The van der Waals surface area contributed by atoms with Crippen LogP contribution >= 0.6 is 0 Å². The number of carboxylic acids is 1. The van der Waals surface area contributed by atoms with E-state index in [4.69, 9.17) is 10.4 Å². The van der Waals surface area contributed by atoms with Crippen LogP contribution < -0.4 is 0 Å². The average molecular weight is 193 g/mol. The fourth-order valence-corrected chi connectivity index (χ4v) is 0.0676. The molecular formula is C3H3AgNO2. The van der Waals surface area contributed by atoms with Crippen LogP contribution in [0.4, 0.5) is 0 Å². The summed E-state index contributed by atoms with van der Waals surface area (Å²) in [5.41, 5.74) is 0. The van der Waals surface area contributed by atoms with E-state index in [-0.39, 0.29) is 22.4 Å². The van der Waals surface area contributed by atoms with Crippen LogP contribution in [0.25, 0.3) is 0 Å². The second-order valence-electron chi connectivity index (χ2n) is 0.729. The first-order valence-electron chi connectivity index (χ1n) is 1.36. The van der Waals surface area contributed by atoms with Gasteiger partial charge in [0, 0.05) is 22.4 Å². The number of carbonyl (C=O) groups is 1. The summed E-state index contributed by atoms with van der Waals surface area (Å²) in [6.45, 7) is 0. The number of rotatable bonds is 1. The molecule has 4 heteroatoms. The summed E-state index contributed by atoms with van der Waals surface area (Å²) in [6.07, 6.45) is -0.403. The minimum Gasteiger partial charge on any atom is -0.480 e. The molecule has 0 fully saturated rings. The first-order chi connectivity index (χ1) is 2.77. The summed E-state index contributed by atoms with van der Waals surface area (Å²) in [6, 6.07) is 1.47. The molecule has 1 radical (unpaired) electrons. The molecule has 0 spiro atoms. The molecule has 0 rings (SSSR count). The molecule has 0 bridgehead atoms. The van der Waals surface area contributed by atoms with Crippen LogP contribution in [0.5, 0.6) is 0 Å². The maximum absolute atomic E-state index is 9.38. The van der Waals surface area contributed by atoms with Gasteiger partial charge in [0.25, 0.3) is 0 Å². The molecule has 43 valence electrons. The Morgan fingerprint density at radius 1 is 1.86 bits per heavy atom. The summed E-state index contributed by atoms with van der Waals surface area (Å²) in [7, 11) is 0. The quantitative estimate of drug-likeness (QED) is 0.595. The summed E-state index contributed by atoms with van der Waals surface area (Å²) in [4.78, 5) is 9.38. The van der Waals surface area contributed by atoms with E-state index in [9.17, 15) is 4.79 Å². The van der Waals surface area contributed by atoms with Crippen molar-refractivity contribution in [1.82, 2.24) is 0 Å². The first-order valence-corrected chi connectivity index (χ1v) is 1.36. The molecule has 1 N–H and O–H groups in total. The molecule has 0 atom stereocenters. The Kier molecular flexibility index (Phi) is 8.02. The number of nitriles is 1. The SMILES string of the molecule is N#CCC(=O)O.[Ag]. The maximum atomic E-state index is 9.38. The molecule has 0 heterocycles. The predicted molar refractivity (Wildman–Crippen MR) is 17.9 cm³/mol. The summed E-state index contributed by atoms with van der Waals surface area (Å²) in [5, 5.41) is 15.3. The zero-order valence-corrected chi connectivity index (χ0v) is 4.79. The van der Waals surface area contributed by atoms with Gasteiger partial charge in [-0.15, -0.1) is 0 Å². The molecule has 0 saturated heterocycles. The summed E-state index contributed by atoms with van der Waals surface area (Å²) >= 11 is 0. The Hall–Kier alpha value is -0.300. The van der Waals surface area contributed by atoms with Crippen LogP contribution in [0, 0.1) is 11.3 Å². The molecule has 0 aliphatic heterocycles. The van der Waals surface area contributed by atoms with E-state index >= 15 is 0 Å². The summed E-state index contributed by atoms with van der Waals surface area (Å²) < 4.78 is 0. The van der Waals surface area contributed by atoms with Gasteiger partial charge < -0.3 is 5.11 Å². The van der Waals surface area contributed by atoms with Gasteiger partial charge in [0.1, 0.15) is 6.42 Å². The third-order valence-corrected chi connectivity index (χ3v) is 0.230. The predicted octanol–water partition coefficient (Wildman–Crippen LogP) is -0.0178. The van der Waals surface area contributed by atoms with E-state index in [1.165, 1.54) is 6.07 Å². The van der Waals surface area contributed by atoms with Gasteiger partial charge in [-0.25, -0.2) is 0 Å². The van der Waals surface area contributed by atoms with Gasteiger partial charge in [0.05, 0.1) is 6.07 Å². The van der Waals surface area contributed by atoms with Crippen LogP contribution in [0.1, 0.15) is 6.42 Å². The van der Waals surface area contributed by atoms with Gasteiger partial charge in [-0.1, -0.05) is 0 Å². The largest absolute Gasteiger partial charge is 0.480 e. The molecule has 0 aromatic rings.